The lowest BCUT2D eigenvalue weighted by molar-refractivity contribution is 0.0639. The van der Waals surface area contributed by atoms with E-state index >= 15 is 0 Å². The Morgan fingerprint density at radius 2 is 1.90 bits per heavy atom. The number of aliphatic hydroxyl groups is 1. The van der Waals surface area contributed by atoms with E-state index in [9.17, 15) is 14.3 Å². The van der Waals surface area contributed by atoms with Gasteiger partial charge in [-0.25, -0.2) is 19.0 Å². The van der Waals surface area contributed by atoms with Crippen LogP contribution in [0, 0.1) is 12.7 Å². The molecule has 6 rings (SSSR count). The highest BCUT2D eigenvalue weighted by atomic mass is 19.1. The van der Waals surface area contributed by atoms with Crippen LogP contribution in [-0.2, 0) is 5.60 Å². The molecule has 12 nitrogen and oxygen atoms in total. The number of aromatic nitrogens is 7. The van der Waals surface area contributed by atoms with Gasteiger partial charge in [-0.05, 0) is 45.7 Å². The largest absolute Gasteiger partial charge is 0.384 e. The molecule has 4 aromatic rings. The molecule has 0 aromatic carbocycles. The van der Waals surface area contributed by atoms with Crippen molar-refractivity contribution in [3.63, 3.8) is 0 Å². The molecule has 2 aliphatic heterocycles. The maximum Gasteiger partial charge on any atom is 0.256 e. The predicted molar refractivity (Wildman–Crippen MR) is 140 cm³/mol. The highest BCUT2D eigenvalue weighted by Gasteiger charge is 2.43. The summed E-state index contributed by atoms with van der Waals surface area (Å²) in [4.78, 5) is 31.2. The minimum absolute atomic E-state index is 0.0177. The smallest absolute Gasteiger partial charge is 0.256 e. The number of aromatic amines is 1. The second kappa shape index (κ2) is 9.42. The van der Waals surface area contributed by atoms with Crippen molar-refractivity contribution in [3.05, 3.63) is 65.6 Å². The van der Waals surface area contributed by atoms with Gasteiger partial charge in [-0.3, -0.25) is 9.89 Å². The lowest BCUT2D eigenvalue weighted by Gasteiger charge is -2.41. The van der Waals surface area contributed by atoms with Gasteiger partial charge in [0.15, 0.2) is 17.5 Å². The number of carbonyl (C=O) groups excluding carboxylic acids is 1. The number of aryl methyl sites for hydroxylation is 1. The van der Waals surface area contributed by atoms with Crippen molar-refractivity contribution in [3.8, 4) is 5.82 Å². The number of carbonyl (C=O) groups is 1. The Kier molecular flexibility index (Phi) is 6.02. The molecule has 4 aromatic heterocycles. The number of hydrogen-bond acceptors (Lipinski definition) is 9. The molecular formula is C26H29FN10O2. The molecule has 2 saturated heterocycles. The number of piperazine rings is 1. The summed E-state index contributed by atoms with van der Waals surface area (Å²) in [6.45, 7) is 6.41. The van der Waals surface area contributed by atoms with Gasteiger partial charge >= 0.3 is 0 Å². The van der Waals surface area contributed by atoms with Crippen LogP contribution in [0.3, 0.4) is 0 Å². The summed E-state index contributed by atoms with van der Waals surface area (Å²) in [5.74, 6) is 1.52. The molecule has 0 aliphatic carbocycles. The summed E-state index contributed by atoms with van der Waals surface area (Å²) in [6, 6.07) is 6.90. The summed E-state index contributed by atoms with van der Waals surface area (Å²) in [6.07, 6.45) is 5.58. The summed E-state index contributed by atoms with van der Waals surface area (Å²) in [7, 11) is 0. The molecule has 13 heteroatoms. The highest BCUT2D eigenvalue weighted by molar-refractivity contribution is 5.95. The molecule has 0 radical (unpaired) electrons. The molecule has 1 amide bonds. The average Bonchev–Trinajstić information content (AvgIpc) is 3.59. The van der Waals surface area contributed by atoms with Crippen molar-refractivity contribution in [1.82, 2.24) is 39.8 Å². The number of rotatable bonds is 6. The molecule has 0 saturated carbocycles. The molecule has 2 unspecified atom stereocenters. The Morgan fingerprint density at radius 3 is 2.49 bits per heavy atom. The third kappa shape index (κ3) is 4.92. The Hall–Kier alpha value is -4.39. The van der Waals surface area contributed by atoms with Crippen LogP contribution in [0.1, 0.15) is 48.4 Å². The standard InChI is InChI=1S/C26H29FN10O2/c1-15-8-22(34-33-15)31-21-9-20(26(2,3)39)30-25(32-21)35-13-18-5-6-19(14-35)37(18)24(38)16-4-7-23(28-10-16)36-12-17(27)11-29-36/h4,7-12,18-19,39H,5-6,13-14H2,1-3H3,(H2,30,31,32,33,34). The minimum atomic E-state index is -1.17. The van der Waals surface area contributed by atoms with Gasteiger partial charge in [-0.2, -0.15) is 15.2 Å². The zero-order valence-electron chi connectivity index (χ0n) is 21.8. The maximum atomic E-state index is 13.5. The molecule has 2 fully saturated rings. The normalized spacial score (nSPS) is 19.0. The van der Waals surface area contributed by atoms with Crippen LogP contribution in [0.5, 0.6) is 0 Å². The first kappa shape index (κ1) is 24.9. The van der Waals surface area contributed by atoms with Crippen LogP contribution >= 0.6 is 0 Å². The van der Waals surface area contributed by atoms with E-state index in [4.69, 9.17) is 4.98 Å². The fraction of sp³-hybridized carbons (Fsp3) is 0.385. The number of anilines is 3. The molecule has 39 heavy (non-hydrogen) atoms. The fourth-order valence-corrected chi connectivity index (χ4v) is 5.19. The van der Waals surface area contributed by atoms with E-state index in [1.54, 1.807) is 32.0 Å². The van der Waals surface area contributed by atoms with Crippen LogP contribution in [-0.4, -0.2) is 76.0 Å². The Morgan fingerprint density at radius 1 is 1.13 bits per heavy atom. The SMILES string of the molecule is Cc1cc(Nc2cc(C(C)(C)O)nc(N3CC4CCC(C3)N4C(=O)c3ccc(-n4cc(F)cn4)nc3)n2)n[nH]1. The van der Waals surface area contributed by atoms with Crippen LogP contribution in [0.15, 0.2) is 42.9 Å². The fourth-order valence-electron chi connectivity index (χ4n) is 5.19. The lowest BCUT2D eigenvalue weighted by Crippen LogP contribution is -2.56. The van der Waals surface area contributed by atoms with E-state index in [1.807, 2.05) is 17.9 Å². The van der Waals surface area contributed by atoms with Crippen LogP contribution < -0.4 is 10.2 Å². The van der Waals surface area contributed by atoms with Crippen LogP contribution in [0.25, 0.3) is 5.82 Å². The second-order valence-corrected chi connectivity index (χ2v) is 10.6. The summed E-state index contributed by atoms with van der Waals surface area (Å²) in [5.41, 5.74) is 0.689. The number of amides is 1. The second-order valence-electron chi connectivity index (χ2n) is 10.6. The Bertz CT molecular complexity index is 1500. The molecule has 202 valence electrons. The molecule has 6 heterocycles. The predicted octanol–water partition coefficient (Wildman–Crippen LogP) is 2.69. The van der Waals surface area contributed by atoms with Crippen molar-refractivity contribution in [2.24, 2.45) is 0 Å². The molecule has 0 spiro atoms. The van der Waals surface area contributed by atoms with Gasteiger partial charge < -0.3 is 20.2 Å². The van der Waals surface area contributed by atoms with Crippen molar-refractivity contribution in [2.75, 3.05) is 23.3 Å². The van der Waals surface area contributed by atoms with Gasteiger partial charge in [0.2, 0.25) is 5.95 Å². The first-order valence-corrected chi connectivity index (χ1v) is 12.8. The quantitative estimate of drug-likeness (QED) is 0.342. The van der Waals surface area contributed by atoms with Gasteiger partial charge in [-0.1, -0.05) is 0 Å². The Labute approximate surface area is 223 Å². The zero-order chi connectivity index (χ0) is 27.3. The molecule has 2 bridgehead atoms. The number of nitrogens with one attached hydrogen (secondary N) is 2. The number of pyridine rings is 1. The molecular weight excluding hydrogens is 503 g/mol. The molecule has 2 atom stereocenters. The van der Waals surface area contributed by atoms with E-state index in [0.29, 0.717) is 47.7 Å². The number of H-pyrrole nitrogens is 1. The maximum absolute atomic E-state index is 13.5. The van der Waals surface area contributed by atoms with Crippen molar-refractivity contribution >= 4 is 23.5 Å². The third-order valence-corrected chi connectivity index (χ3v) is 7.08. The summed E-state index contributed by atoms with van der Waals surface area (Å²) < 4.78 is 14.6. The van der Waals surface area contributed by atoms with E-state index in [-0.39, 0.29) is 18.0 Å². The van der Waals surface area contributed by atoms with E-state index < -0.39 is 11.4 Å². The van der Waals surface area contributed by atoms with E-state index in [0.717, 1.165) is 24.7 Å². The lowest BCUT2D eigenvalue weighted by atomic mass is 10.1. The van der Waals surface area contributed by atoms with E-state index in [2.05, 4.69) is 35.5 Å². The number of halogens is 1. The van der Waals surface area contributed by atoms with Crippen molar-refractivity contribution in [2.45, 2.75) is 51.3 Å². The van der Waals surface area contributed by atoms with Gasteiger partial charge in [0.25, 0.3) is 5.91 Å². The van der Waals surface area contributed by atoms with E-state index in [1.165, 1.54) is 17.1 Å². The number of fused-ring (bicyclic) bond motifs is 2. The van der Waals surface area contributed by atoms with Crippen LogP contribution in [0.4, 0.5) is 22.0 Å². The summed E-state index contributed by atoms with van der Waals surface area (Å²) >= 11 is 0. The minimum Gasteiger partial charge on any atom is -0.384 e. The molecule has 3 N–H and O–H groups in total. The Balaban J connectivity index is 1.22. The molecule has 2 aliphatic rings. The summed E-state index contributed by atoms with van der Waals surface area (Å²) in [5, 5.41) is 24.9. The van der Waals surface area contributed by atoms with Crippen LogP contribution in [0.2, 0.25) is 0 Å². The first-order valence-electron chi connectivity index (χ1n) is 12.8. The zero-order valence-corrected chi connectivity index (χ0v) is 21.8. The first-order chi connectivity index (χ1) is 18.6. The number of nitrogens with zero attached hydrogens (tertiary/aromatic N) is 8. The highest BCUT2D eigenvalue weighted by Crippen LogP contribution is 2.34. The third-order valence-electron chi connectivity index (χ3n) is 7.08. The van der Waals surface area contributed by atoms with Gasteiger partial charge in [0.05, 0.1) is 35.7 Å². The van der Waals surface area contributed by atoms with Gasteiger partial charge in [0, 0.05) is 37.1 Å². The van der Waals surface area contributed by atoms with Gasteiger partial charge in [-0.15, -0.1) is 0 Å². The number of hydrogen-bond donors (Lipinski definition) is 3. The van der Waals surface area contributed by atoms with Gasteiger partial charge in [0.1, 0.15) is 11.4 Å². The van der Waals surface area contributed by atoms with Crippen molar-refractivity contribution < 1.29 is 14.3 Å². The van der Waals surface area contributed by atoms with Crippen molar-refractivity contribution in [1.29, 1.82) is 0 Å². The topological polar surface area (TPSA) is 141 Å². The average molecular weight is 533 g/mol. The monoisotopic (exact) mass is 532 g/mol.